The van der Waals surface area contributed by atoms with Crippen LogP contribution in [0.25, 0.3) is 0 Å². The lowest BCUT2D eigenvalue weighted by Gasteiger charge is -2.45. The molecule has 1 aromatic rings. The fourth-order valence-electron chi connectivity index (χ4n) is 6.66. The van der Waals surface area contributed by atoms with E-state index < -0.39 is 23.4 Å². The van der Waals surface area contributed by atoms with Gasteiger partial charge in [-0.25, -0.2) is 8.78 Å². The van der Waals surface area contributed by atoms with Gasteiger partial charge in [0.15, 0.2) is 0 Å². The van der Waals surface area contributed by atoms with Crippen molar-refractivity contribution in [1.29, 1.82) is 0 Å². The molecule has 5 unspecified atom stereocenters. The van der Waals surface area contributed by atoms with Crippen LogP contribution < -0.4 is 0 Å². The first kappa shape index (κ1) is 21.1. The van der Waals surface area contributed by atoms with E-state index in [2.05, 4.69) is 6.92 Å². The van der Waals surface area contributed by atoms with E-state index in [1.165, 1.54) is 44.9 Å². The van der Waals surface area contributed by atoms with Crippen LogP contribution in [0.1, 0.15) is 81.4 Å². The molecule has 5 heteroatoms. The summed E-state index contributed by atoms with van der Waals surface area (Å²) in [6, 6.07) is 0.953. The minimum Gasteiger partial charge on any atom is -0.206 e. The van der Waals surface area contributed by atoms with Gasteiger partial charge in [0.25, 0.3) is 0 Å². The molecule has 1 aromatic carbocycles. The topological polar surface area (TPSA) is 0 Å². The predicted octanol–water partition coefficient (Wildman–Crippen LogP) is 7.72. The molecule has 0 aliphatic heterocycles. The predicted molar refractivity (Wildman–Crippen MR) is 103 cm³/mol. The van der Waals surface area contributed by atoms with Crippen molar-refractivity contribution in [2.24, 2.45) is 29.6 Å². The maximum absolute atomic E-state index is 14.4. The third-order valence-electron chi connectivity index (χ3n) is 8.07. The van der Waals surface area contributed by atoms with Gasteiger partial charge in [-0.05, 0) is 98.1 Å². The first-order chi connectivity index (χ1) is 13.8. The molecule has 0 nitrogen and oxygen atoms in total. The summed E-state index contributed by atoms with van der Waals surface area (Å²) in [5, 5.41) is 0. The molecule has 0 saturated heterocycles. The fraction of sp³-hybridized carbons (Fsp3) is 0.750. The Kier molecular flexibility index (Phi) is 5.96. The largest absolute Gasteiger partial charge is 0.422 e. The van der Waals surface area contributed by atoms with Gasteiger partial charge in [0.05, 0.1) is 0 Å². The third kappa shape index (κ3) is 4.20. The normalized spacial score (nSPS) is 32.6. The highest BCUT2D eigenvalue weighted by Crippen LogP contribution is 2.49. The molecule has 0 aromatic heterocycles. The van der Waals surface area contributed by atoms with E-state index in [1.807, 2.05) is 0 Å². The molecule has 4 rings (SSSR count). The molecule has 0 amide bonds. The number of halogens is 5. The average molecular weight is 415 g/mol. The molecule has 0 spiro atoms. The molecule has 3 aliphatic carbocycles. The molecule has 29 heavy (non-hydrogen) atoms. The number of hydrogen-bond donors (Lipinski definition) is 0. The molecule has 5 atom stereocenters. The summed E-state index contributed by atoms with van der Waals surface area (Å²) in [4.78, 5) is 0. The Labute approximate surface area is 170 Å². The Bertz CT molecular complexity index is 738. The Morgan fingerprint density at radius 2 is 1.55 bits per heavy atom. The SMILES string of the molecule is CCCC1CCC2CC(C3CCc4c(cc(F)c(C(F)(F)F)c4F)C3)CCC2C1. The van der Waals surface area contributed by atoms with Crippen LogP contribution in [0, 0.1) is 41.2 Å². The zero-order chi connectivity index (χ0) is 20.8. The third-order valence-corrected chi connectivity index (χ3v) is 8.07. The molecule has 2 saturated carbocycles. The van der Waals surface area contributed by atoms with Crippen LogP contribution in [0.5, 0.6) is 0 Å². The number of rotatable bonds is 3. The molecule has 2 fully saturated rings. The first-order valence-corrected chi connectivity index (χ1v) is 11.3. The molecular formula is C24H31F5. The van der Waals surface area contributed by atoms with Crippen LogP contribution in [0.2, 0.25) is 0 Å². The molecule has 0 N–H and O–H groups in total. The van der Waals surface area contributed by atoms with Gasteiger partial charge in [0, 0.05) is 0 Å². The van der Waals surface area contributed by atoms with Crippen molar-refractivity contribution >= 4 is 0 Å². The van der Waals surface area contributed by atoms with Crippen molar-refractivity contribution in [2.75, 3.05) is 0 Å². The zero-order valence-electron chi connectivity index (χ0n) is 17.1. The highest BCUT2D eigenvalue weighted by atomic mass is 19.4. The van der Waals surface area contributed by atoms with Crippen molar-refractivity contribution in [3.63, 3.8) is 0 Å². The standard InChI is InChI=1S/C24H31F5/c1-2-3-14-4-5-16-11-17(7-6-15(16)10-14)18-8-9-20-19(12-18)13-21(25)22(23(20)26)24(27,28)29/h13-18H,2-12H2,1H3. The fourth-order valence-corrected chi connectivity index (χ4v) is 6.66. The number of fused-ring (bicyclic) bond motifs is 2. The Hall–Kier alpha value is -1.13. The molecule has 0 heterocycles. The van der Waals surface area contributed by atoms with Crippen LogP contribution in [0.4, 0.5) is 22.0 Å². The van der Waals surface area contributed by atoms with E-state index in [1.54, 1.807) is 0 Å². The number of benzene rings is 1. The second-order valence-corrected chi connectivity index (χ2v) is 9.75. The summed E-state index contributed by atoms with van der Waals surface area (Å²) in [6.45, 7) is 2.26. The second kappa shape index (κ2) is 8.19. The molecule has 162 valence electrons. The number of hydrogen-bond acceptors (Lipinski definition) is 0. The zero-order valence-corrected chi connectivity index (χ0v) is 17.1. The maximum atomic E-state index is 14.4. The van der Waals surface area contributed by atoms with Gasteiger partial charge in [-0.2, -0.15) is 13.2 Å². The van der Waals surface area contributed by atoms with Gasteiger partial charge in [-0.15, -0.1) is 0 Å². The van der Waals surface area contributed by atoms with Gasteiger partial charge in [-0.1, -0.05) is 26.2 Å². The second-order valence-electron chi connectivity index (χ2n) is 9.75. The Morgan fingerprint density at radius 3 is 2.24 bits per heavy atom. The number of alkyl halides is 3. The van der Waals surface area contributed by atoms with E-state index in [0.717, 1.165) is 30.2 Å². The molecular weight excluding hydrogens is 383 g/mol. The molecule has 0 radical (unpaired) electrons. The maximum Gasteiger partial charge on any atom is 0.422 e. The van der Waals surface area contributed by atoms with E-state index in [0.29, 0.717) is 36.7 Å². The lowest BCUT2D eigenvalue weighted by molar-refractivity contribution is -0.142. The van der Waals surface area contributed by atoms with Gasteiger partial charge < -0.3 is 0 Å². The van der Waals surface area contributed by atoms with Gasteiger partial charge in [0.1, 0.15) is 17.2 Å². The van der Waals surface area contributed by atoms with Crippen LogP contribution in [-0.4, -0.2) is 0 Å². The van der Waals surface area contributed by atoms with Crippen LogP contribution in [0.3, 0.4) is 0 Å². The lowest BCUT2D eigenvalue weighted by atomic mass is 9.61. The van der Waals surface area contributed by atoms with Crippen LogP contribution >= 0.6 is 0 Å². The Morgan fingerprint density at radius 1 is 0.897 bits per heavy atom. The minimum absolute atomic E-state index is 0.0868. The van der Waals surface area contributed by atoms with Gasteiger partial charge in [0.2, 0.25) is 0 Å². The van der Waals surface area contributed by atoms with Crippen molar-refractivity contribution in [2.45, 2.75) is 83.7 Å². The van der Waals surface area contributed by atoms with Crippen molar-refractivity contribution in [3.05, 3.63) is 34.4 Å². The van der Waals surface area contributed by atoms with Crippen LogP contribution in [-0.2, 0) is 19.0 Å². The van der Waals surface area contributed by atoms with E-state index >= 15 is 0 Å². The van der Waals surface area contributed by atoms with Crippen molar-refractivity contribution in [1.82, 2.24) is 0 Å². The smallest absolute Gasteiger partial charge is 0.206 e. The average Bonchev–Trinajstić information content (AvgIpc) is 2.66. The van der Waals surface area contributed by atoms with E-state index in [-0.39, 0.29) is 5.56 Å². The summed E-state index contributed by atoms with van der Waals surface area (Å²) >= 11 is 0. The van der Waals surface area contributed by atoms with Gasteiger partial charge in [-0.3, -0.25) is 0 Å². The highest BCUT2D eigenvalue weighted by Gasteiger charge is 2.42. The summed E-state index contributed by atoms with van der Waals surface area (Å²) < 4.78 is 67.5. The quantitative estimate of drug-likeness (QED) is 0.444. The van der Waals surface area contributed by atoms with Crippen molar-refractivity contribution in [3.8, 4) is 0 Å². The van der Waals surface area contributed by atoms with Crippen LogP contribution in [0.15, 0.2) is 6.07 Å². The summed E-state index contributed by atoms with van der Waals surface area (Å²) in [5.41, 5.74) is -1.18. The Balaban J connectivity index is 1.45. The molecule has 3 aliphatic rings. The highest BCUT2D eigenvalue weighted by molar-refractivity contribution is 5.38. The summed E-state index contributed by atoms with van der Waals surface area (Å²) in [7, 11) is 0. The van der Waals surface area contributed by atoms with E-state index in [9.17, 15) is 22.0 Å². The summed E-state index contributed by atoms with van der Waals surface area (Å²) in [5.74, 6) is 0.512. The van der Waals surface area contributed by atoms with E-state index in [4.69, 9.17) is 0 Å². The minimum atomic E-state index is -4.99. The van der Waals surface area contributed by atoms with Gasteiger partial charge >= 0.3 is 6.18 Å². The van der Waals surface area contributed by atoms with Crippen molar-refractivity contribution < 1.29 is 22.0 Å². The first-order valence-electron chi connectivity index (χ1n) is 11.3. The lowest BCUT2D eigenvalue weighted by Crippen LogP contribution is -2.35. The monoisotopic (exact) mass is 414 g/mol. The molecule has 0 bridgehead atoms. The summed E-state index contributed by atoms with van der Waals surface area (Å²) in [6.07, 6.45) is 6.70.